The molecule has 0 radical (unpaired) electrons. The summed E-state index contributed by atoms with van der Waals surface area (Å²) < 4.78 is 8.46. The van der Waals surface area contributed by atoms with Gasteiger partial charge in [-0.05, 0) is 60.0 Å². The molecule has 1 atom stereocenters. The zero-order chi connectivity index (χ0) is 21.0. The Morgan fingerprint density at radius 3 is 2.48 bits per heavy atom. The minimum Gasteiger partial charge on any atom is -0.367 e. The van der Waals surface area contributed by atoms with Crippen molar-refractivity contribution in [1.82, 2.24) is 9.99 Å². The van der Waals surface area contributed by atoms with Crippen molar-refractivity contribution in [3.8, 4) is 5.69 Å². The van der Waals surface area contributed by atoms with Gasteiger partial charge in [0.2, 0.25) is 0 Å². The van der Waals surface area contributed by atoms with Crippen LogP contribution in [-0.2, 0) is 9.53 Å². The summed E-state index contributed by atoms with van der Waals surface area (Å²) in [6, 6.07) is 17.7. The van der Waals surface area contributed by atoms with E-state index in [9.17, 15) is 4.79 Å². The third-order valence-corrected chi connectivity index (χ3v) is 5.82. The lowest BCUT2D eigenvalue weighted by Crippen LogP contribution is -2.26. The Labute approximate surface area is 179 Å². The number of nitrogens with one attached hydrogen (secondary N) is 1. The second kappa shape index (κ2) is 9.20. The number of hydrazone groups is 1. The topological polar surface area (TPSA) is 55.6 Å². The summed E-state index contributed by atoms with van der Waals surface area (Å²) >= 11 is 3.66. The summed E-state index contributed by atoms with van der Waals surface area (Å²) in [7, 11) is 1.51. The third kappa shape index (κ3) is 4.49. The van der Waals surface area contributed by atoms with Crippen LogP contribution >= 0.6 is 15.9 Å². The number of hydrogen-bond acceptors (Lipinski definition) is 3. The van der Waals surface area contributed by atoms with Crippen LogP contribution in [0.5, 0.6) is 0 Å². The molecule has 0 bridgehead atoms. The molecule has 3 aromatic rings. The highest BCUT2D eigenvalue weighted by molar-refractivity contribution is 9.10. The van der Waals surface area contributed by atoms with Crippen molar-refractivity contribution in [2.24, 2.45) is 5.10 Å². The number of ether oxygens (including phenoxy) is 1. The number of amides is 1. The Morgan fingerprint density at radius 2 is 1.83 bits per heavy atom. The second-order valence-corrected chi connectivity index (χ2v) is 7.63. The molecule has 1 heterocycles. The SMILES string of the molecule is CO[C@H](C(=O)N/N=C\c1c(Br)c(C)n(-c2cccc(C)c2)c1C)c1ccccc1. The lowest BCUT2D eigenvalue weighted by Gasteiger charge is -2.13. The molecule has 0 saturated carbocycles. The van der Waals surface area contributed by atoms with Crippen molar-refractivity contribution in [3.63, 3.8) is 0 Å². The molecule has 2 aromatic carbocycles. The van der Waals surface area contributed by atoms with E-state index in [4.69, 9.17) is 4.74 Å². The van der Waals surface area contributed by atoms with Gasteiger partial charge in [-0.25, -0.2) is 5.43 Å². The van der Waals surface area contributed by atoms with Crippen LogP contribution in [0.25, 0.3) is 5.69 Å². The maximum atomic E-state index is 12.5. The van der Waals surface area contributed by atoms with Gasteiger partial charge in [0.25, 0.3) is 5.91 Å². The van der Waals surface area contributed by atoms with Gasteiger partial charge in [-0.2, -0.15) is 5.10 Å². The molecular formula is C23H24BrN3O2. The molecule has 3 rings (SSSR count). The predicted molar refractivity (Wildman–Crippen MR) is 120 cm³/mol. The summed E-state index contributed by atoms with van der Waals surface area (Å²) in [5, 5.41) is 4.18. The van der Waals surface area contributed by atoms with E-state index in [1.807, 2.05) is 50.2 Å². The number of aromatic nitrogens is 1. The minimum absolute atomic E-state index is 0.321. The van der Waals surface area contributed by atoms with Crippen LogP contribution in [0.3, 0.4) is 0 Å². The Hall–Kier alpha value is -2.70. The summed E-state index contributed by atoms with van der Waals surface area (Å²) in [5.41, 5.74) is 8.67. The van der Waals surface area contributed by atoms with Crippen molar-refractivity contribution in [2.45, 2.75) is 26.9 Å². The number of methoxy groups -OCH3 is 1. The highest BCUT2D eigenvalue weighted by Crippen LogP contribution is 2.29. The fourth-order valence-corrected chi connectivity index (χ4v) is 3.94. The van der Waals surface area contributed by atoms with Crippen LogP contribution in [0.15, 0.2) is 64.2 Å². The molecule has 0 unspecified atom stereocenters. The predicted octanol–water partition coefficient (Wildman–Crippen LogP) is 5.00. The summed E-state index contributed by atoms with van der Waals surface area (Å²) in [5.74, 6) is -0.321. The Kier molecular flexibility index (Phi) is 6.67. The number of carbonyl (C=O) groups excluding carboxylic acids is 1. The summed E-state index contributed by atoms with van der Waals surface area (Å²) in [6.07, 6.45) is 0.949. The average molecular weight is 454 g/mol. The monoisotopic (exact) mass is 453 g/mol. The van der Waals surface area contributed by atoms with Crippen LogP contribution in [0.4, 0.5) is 0 Å². The Morgan fingerprint density at radius 1 is 1.10 bits per heavy atom. The van der Waals surface area contributed by atoms with Crippen molar-refractivity contribution in [1.29, 1.82) is 0 Å². The molecule has 1 N–H and O–H groups in total. The van der Waals surface area contributed by atoms with Gasteiger partial charge in [0.05, 0.1) is 6.21 Å². The number of aryl methyl sites for hydroxylation is 1. The molecule has 0 saturated heterocycles. The second-order valence-electron chi connectivity index (χ2n) is 6.83. The summed E-state index contributed by atoms with van der Waals surface area (Å²) in [6.45, 7) is 6.15. The molecule has 6 heteroatoms. The standard InChI is InChI=1S/C23H24BrN3O2/c1-15-9-8-12-19(13-15)27-16(2)20(21(24)17(27)3)14-25-26-23(28)22(29-4)18-10-6-5-7-11-18/h5-14,22H,1-4H3,(H,26,28)/b25-14-/t22-/m0/s1. The van der Waals surface area contributed by atoms with E-state index in [1.54, 1.807) is 6.21 Å². The molecule has 0 spiro atoms. The Bertz CT molecular complexity index is 1040. The largest absolute Gasteiger partial charge is 0.367 e. The molecule has 0 aliphatic heterocycles. The fourth-order valence-electron chi connectivity index (χ4n) is 3.37. The first-order valence-electron chi connectivity index (χ1n) is 9.29. The lowest BCUT2D eigenvalue weighted by atomic mass is 10.1. The van der Waals surface area contributed by atoms with E-state index in [-0.39, 0.29) is 5.91 Å². The normalized spacial score (nSPS) is 12.3. The number of nitrogens with zero attached hydrogens (tertiary/aromatic N) is 2. The van der Waals surface area contributed by atoms with Crippen molar-refractivity contribution in [2.75, 3.05) is 7.11 Å². The number of hydrogen-bond donors (Lipinski definition) is 1. The van der Waals surface area contributed by atoms with Gasteiger partial charge in [-0.15, -0.1) is 0 Å². The molecule has 0 aliphatic rings. The van der Waals surface area contributed by atoms with Gasteiger partial charge in [0, 0.05) is 34.2 Å². The molecule has 1 amide bonds. The first-order valence-corrected chi connectivity index (χ1v) is 10.1. The number of carbonyl (C=O) groups is 1. The maximum Gasteiger partial charge on any atom is 0.273 e. The molecule has 0 aliphatic carbocycles. The highest BCUT2D eigenvalue weighted by atomic mass is 79.9. The van der Waals surface area contributed by atoms with E-state index in [2.05, 4.69) is 56.1 Å². The van der Waals surface area contributed by atoms with Crippen molar-refractivity contribution >= 4 is 28.1 Å². The molecular weight excluding hydrogens is 430 g/mol. The molecule has 0 fully saturated rings. The van der Waals surface area contributed by atoms with Crippen LogP contribution in [0, 0.1) is 20.8 Å². The fraction of sp³-hybridized carbons (Fsp3) is 0.217. The first-order chi connectivity index (χ1) is 13.9. The van der Waals surface area contributed by atoms with Crippen LogP contribution in [0.2, 0.25) is 0 Å². The number of rotatable bonds is 6. The lowest BCUT2D eigenvalue weighted by molar-refractivity contribution is -0.131. The van der Waals surface area contributed by atoms with Gasteiger partial charge in [-0.1, -0.05) is 42.5 Å². The number of benzene rings is 2. The summed E-state index contributed by atoms with van der Waals surface area (Å²) in [4.78, 5) is 12.5. The first kappa shape index (κ1) is 21.0. The van der Waals surface area contributed by atoms with Crippen molar-refractivity contribution in [3.05, 3.63) is 87.1 Å². The van der Waals surface area contributed by atoms with Gasteiger partial charge in [-0.3, -0.25) is 4.79 Å². The average Bonchev–Trinajstić information content (AvgIpc) is 2.92. The Balaban J connectivity index is 1.82. The van der Waals surface area contributed by atoms with Gasteiger partial charge in [0.1, 0.15) is 0 Å². The van der Waals surface area contributed by atoms with Gasteiger partial charge < -0.3 is 9.30 Å². The third-order valence-electron chi connectivity index (χ3n) is 4.82. The van der Waals surface area contributed by atoms with E-state index < -0.39 is 6.10 Å². The molecule has 1 aromatic heterocycles. The van der Waals surface area contributed by atoms with E-state index >= 15 is 0 Å². The van der Waals surface area contributed by atoms with Gasteiger partial charge in [0.15, 0.2) is 6.10 Å². The molecule has 29 heavy (non-hydrogen) atoms. The molecule has 5 nitrogen and oxygen atoms in total. The van der Waals surface area contributed by atoms with Crippen LogP contribution < -0.4 is 5.43 Å². The number of halogens is 1. The smallest absolute Gasteiger partial charge is 0.273 e. The van der Waals surface area contributed by atoms with E-state index in [0.717, 1.165) is 32.7 Å². The quantitative estimate of drug-likeness (QED) is 0.421. The zero-order valence-electron chi connectivity index (χ0n) is 16.9. The van der Waals surface area contributed by atoms with Crippen molar-refractivity contribution < 1.29 is 9.53 Å². The molecule has 150 valence electrons. The van der Waals surface area contributed by atoms with E-state index in [0.29, 0.717) is 0 Å². The van der Waals surface area contributed by atoms with Gasteiger partial charge >= 0.3 is 0 Å². The van der Waals surface area contributed by atoms with Crippen LogP contribution in [0.1, 0.15) is 34.2 Å². The van der Waals surface area contributed by atoms with E-state index in [1.165, 1.54) is 12.7 Å². The van der Waals surface area contributed by atoms with Crippen LogP contribution in [-0.4, -0.2) is 23.8 Å². The zero-order valence-corrected chi connectivity index (χ0v) is 18.5. The highest BCUT2D eigenvalue weighted by Gasteiger charge is 2.20. The maximum absolute atomic E-state index is 12.5. The minimum atomic E-state index is -0.712.